The molecule has 0 aromatic carbocycles. The van der Waals surface area contributed by atoms with Crippen LogP contribution >= 0.6 is 0 Å². The first-order valence-electron chi connectivity index (χ1n) is 12.6. The molecule has 232 valence electrons. The van der Waals surface area contributed by atoms with E-state index in [9.17, 15) is 55.5 Å². The Morgan fingerprint density at radius 1 is 0.600 bits per heavy atom. The van der Waals surface area contributed by atoms with E-state index in [-0.39, 0.29) is 0 Å². The maximum Gasteiger partial charge on any atom is 0.217 e. The zero-order valence-electron chi connectivity index (χ0n) is 21.7. The van der Waals surface area contributed by atoms with Gasteiger partial charge in [0.15, 0.2) is 18.9 Å². The highest BCUT2D eigenvalue weighted by Crippen LogP contribution is 2.32. The first kappa shape index (κ1) is 32.9. The quantitative estimate of drug-likeness (QED) is 0.120. The van der Waals surface area contributed by atoms with Crippen LogP contribution in [0, 0.1) is 0 Å². The molecule has 2 amide bonds. The smallest absolute Gasteiger partial charge is 0.217 e. The first-order valence-corrected chi connectivity index (χ1v) is 12.6. The average molecular weight is 587 g/mol. The van der Waals surface area contributed by atoms with Gasteiger partial charge in [-0.1, -0.05) is 0 Å². The Morgan fingerprint density at radius 2 is 1.07 bits per heavy atom. The van der Waals surface area contributed by atoms with Gasteiger partial charge in [0, 0.05) is 13.8 Å². The summed E-state index contributed by atoms with van der Waals surface area (Å²) in [5, 5.41) is 96.9. The fourth-order valence-corrected chi connectivity index (χ4v) is 4.87. The van der Waals surface area contributed by atoms with Crippen molar-refractivity contribution in [3.63, 3.8) is 0 Å². The summed E-state index contributed by atoms with van der Waals surface area (Å²) in [7, 11) is 0. The van der Waals surface area contributed by atoms with Gasteiger partial charge < -0.3 is 80.3 Å². The standard InChI is InChI=1S/C22H38N2O16/c1-6(28)23-11-15(32)18(9(4-26)36-20(11)35)40-22-17(34)16(33)19(10(5-27)38-22)39-21-12(24-7(2)29)14(31)13(30)8(3-25)37-21/h8-22,25-27,30-35H,3-5H2,1-2H3,(H,23,28)(H,24,29)/t8-,9-,10-,11-,12-,13-,14-,15-,16-,17+,18-,19-,20+,21+,22+/m1/s1. The van der Waals surface area contributed by atoms with E-state index in [4.69, 9.17) is 23.7 Å². The van der Waals surface area contributed by atoms with Gasteiger partial charge >= 0.3 is 0 Å². The zero-order valence-corrected chi connectivity index (χ0v) is 21.7. The molecule has 18 nitrogen and oxygen atoms in total. The summed E-state index contributed by atoms with van der Waals surface area (Å²) < 4.78 is 27.5. The molecule has 3 heterocycles. The largest absolute Gasteiger partial charge is 0.394 e. The fraction of sp³-hybridized carbons (Fsp3) is 0.909. The lowest BCUT2D eigenvalue weighted by molar-refractivity contribution is -0.366. The van der Waals surface area contributed by atoms with E-state index in [1.165, 1.54) is 0 Å². The third-order valence-electron chi connectivity index (χ3n) is 6.90. The molecule has 3 fully saturated rings. The van der Waals surface area contributed by atoms with Gasteiger partial charge in [0.25, 0.3) is 0 Å². The SMILES string of the molecule is CC(=O)N[C@@H]1[C@@H](O)[C@H](O[C@@H]2O[C@H](CO)[C@@H](O[C@@H]3O[C@H](CO)[C@@H](O)[C@H](O)[C@H]3NC(C)=O)[C@H](O)[C@@H]2O)[C@@H](CO)O[C@@H]1O. The topological polar surface area (TPSA) is 286 Å². The van der Waals surface area contributed by atoms with Crippen LogP contribution < -0.4 is 10.6 Å². The lowest BCUT2D eigenvalue weighted by atomic mass is 9.94. The van der Waals surface area contributed by atoms with E-state index >= 15 is 0 Å². The number of hydrogen-bond donors (Lipinski definition) is 11. The Hall–Kier alpha value is -1.62. The summed E-state index contributed by atoms with van der Waals surface area (Å²) in [6.07, 6.45) is -21.1. The van der Waals surface area contributed by atoms with E-state index in [1.807, 2.05) is 0 Å². The molecule has 3 aliphatic heterocycles. The highest BCUT2D eigenvalue weighted by atomic mass is 16.7. The third kappa shape index (κ3) is 7.05. The molecule has 0 radical (unpaired) electrons. The molecule has 15 atom stereocenters. The molecule has 0 unspecified atom stereocenters. The first-order chi connectivity index (χ1) is 18.8. The van der Waals surface area contributed by atoms with E-state index in [0.29, 0.717) is 0 Å². The molecule has 3 rings (SSSR count). The van der Waals surface area contributed by atoms with Crippen LogP contribution in [0.2, 0.25) is 0 Å². The summed E-state index contributed by atoms with van der Waals surface area (Å²) in [5.41, 5.74) is 0. The van der Waals surface area contributed by atoms with E-state index < -0.39 is 124 Å². The van der Waals surface area contributed by atoms with Gasteiger partial charge in [-0.05, 0) is 0 Å². The summed E-state index contributed by atoms with van der Waals surface area (Å²) in [4.78, 5) is 23.2. The highest BCUT2D eigenvalue weighted by molar-refractivity contribution is 5.73. The summed E-state index contributed by atoms with van der Waals surface area (Å²) >= 11 is 0. The van der Waals surface area contributed by atoms with Crippen molar-refractivity contribution in [3.05, 3.63) is 0 Å². The van der Waals surface area contributed by atoms with Gasteiger partial charge in [-0.15, -0.1) is 0 Å². The molecule has 0 saturated carbocycles. The summed E-state index contributed by atoms with van der Waals surface area (Å²) in [6, 6.07) is -2.79. The minimum atomic E-state index is -1.93. The predicted octanol–water partition coefficient (Wildman–Crippen LogP) is -7.29. The second-order valence-corrected chi connectivity index (χ2v) is 9.81. The molecule has 0 aromatic heterocycles. The van der Waals surface area contributed by atoms with Crippen molar-refractivity contribution in [1.29, 1.82) is 0 Å². The lowest BCUT2D eigenvalue weighted by Gasteiger charge is -2.48. The number of aliphatic hydroxyl groups excluding tert-OH is 9. The van der Waals surface area contributed by atoms with Crippen molar-refractivity contribution in [3.8, 4) is 0 Å². The molecular weight excluding hydrogens is 548 g/mol. The second kappa shape index (κ2) is 14.0. The molecule has 0 spiro atoms. The average Bonchev–Trinajstić information content (AvgIpc) is 2.90. The molecule has 40 heavy (non-hydrogen) atoms. The Balaban J connectivity index is 1.78. The number of aliphatic hydroxyl groups is 9. The zero-order chi connectivity index (χ0) is 29.9. The highest BCUT2D eigenvalue weighted by Gasteiger charge is 2.53. The van der Waals surface area contributed by atoms with Crippen LogP contribution in [0.3, 0.4) is 0 Å². The van der Waals surface area contributed by atoms with Gasteiger partial charge in [-0.25, -0.2) is 0 Å². The number of amides is 2. The predicted molar refractivity (Wildman–Crippen MR) is 124 cm³/mol. The Morgan fingerprint density at radius 3 is 1.62 bits per heavy atom. The second-order valence-electron chi connectivity index (χ2n) is 9.81. The Bertz CT molecular complexity index is 852. The number of nitrogens with one attached hydrogen (secondary N) is 2. The minimum absolute atomic E-state index is 0.624. The molecular formula is C22H38N2O16. The molecule has 0 bridgehead atoms. The van der Waals surface area contributed by atoms with Crippen molar-refractivity contribution >= 4 is 11.8 Å². The van der Waals surface area contributed by atoms with Crippen molar-refractivity contribution in [2.24, 2.45) is 0 Å². The van der Waals surface area contributed by atoms with Gasteiger partial charge in [0.2, 0.25) is 11.8 Å². The van der Waals surface area contributed by atoms with Gasteiger partial charge in [-0.2, -0.15) is 0 Å². The van der Waals surface area contributed by atoms with Crippen molar-refractivity contribution in [1.82, 2.24) is 10.6 Å². The molecule has 0 aliphatic carbocycles. The normalized spacial score (nSPS) is 46.0. The minimum Gasteiger partial charge on any atom is -0.394 e. The Kier molecular flexibility index (Phi) is 11.5. The van der Waals surface area contributed by atoms with Crippen LogP contribution in [-0.2, 0) is 33.3 Å². The number of ether oxygens (including phenoxy) is 5. The molecule has 3 saturated heterocycles. The van der Waals surface area contributed by atoms with Crippen molar-refractivity contribution < 1.29 is 79.2 Å². The van der Waals surface area contributed by atoms with E-state index in [2.05, 4.69) is 10.6 Å². The summed E-state index contributed by atoms with van der Waals surface area (Å²) in [6.45, 7) is -0.106. The monoisotopic (exact) mass is 586 g/mol. The number of carbonyl (C=O) groups is 2. The van der Waals surface area contributed by atoms with Gasteiger partial charge in [0.05, 0.1) is 19.8 Å². The lowest BCUT2D eigenvalue weighted by Crippen LogP contribution is -2.69. The van der Waals surface area contributed by atoms with Crippen LogP contribution in [0.25, 0.3) is 0 Å². The van der Waals surface area contributed by atoms with Crippen molar-refractivity contribution in [2.75, 3.05) is 19.8 Å². The maximum atomic E-state index is 11.7. The molecule has 18 heteroatoms. The fourth-order valence-electron chi connectivity index (χ4n) is 4.87. The van der Waals surface area contributed by atoms with Crippen LogP contribution in [0.4, 0.5) is 0 Å². The van der Waals surface area contributed by atoms with Crippen molar-refractivity contribution in [2.45, 2.75) is 106 Å². The molecule has 0 aromatic rings. The van der Waals surface area contributed by atoms with Crippen LogP contribution in [0.1, 0.15) is 13.8 Å². The third-order valence-corrected chi connectivity index (χ3v) is 6.90. The van der Waals surface area contributed by atoms with Gasteiger partial charge in [0.1, 0.15) is 73.1 Å². The molecule has 3 aliphatic rings. The van der Waals surface area contributed by atoms with Crippen LogP contribution in [0.5, 0.6) is 0 Å². The number of hydrogen-bond acceptors (Lipinski definition) is 16. The van der Waals surface area contributed by atoms with Crippen LogP contribution in [0.15, 0.2) is 0 Å². The number of carbonyl (C=O) groups excluding carboxylic acids is 2. The summed E-state index contributed by atoms with van der Waals surface area (Å²) in [5.74, 6) is -1.26. The van der Waals surface area contributed by atoms with E-state index in [0.717, 1.165) is 13.8 Å². The van der Waals surface area contributed by atoms with Gasteiger partial charge in [-0.3, -0.25) is 9.59 Å². The maximum absolute atomic E-state index is 11.7. The van der Waals surface area contributed by atoms with Crippen LogP contribution in [-0.4, -0.2) is 170 Å². The van der Waals surface area contributed by atoms with E-state index in [1.54, 1.807) is 0 Å². The molecule has 11 N–H and O–H groups in total. The Labute approximate surface area is 228 Å². The number of rotatable bonds is 9.